The Morgan fingerprint density at radius 2 is 1.26 bits per heavy atom. The Morgan fingerprint density at radius 1 is 0.706 bits per heavy atom. The van der Waals surface area contributed by atoms with Gasteiger partial charge in [-0.15, -0.1) is 0 Å². The zero-order chi connectivity index (χ0) is 23.2. The fourth-order valence-corrected chi connectivity index (χ4v) is 5.70. The number of hydrogen-bond donors (Lipinski definition) is 2. The standard InChI is InChI=1S/C29H38N2O3/c32-29-24-10-6-11-25(33-17-3-1-7-21-13-15-30-19-21)27(24)23-9-5-12-26(28(23)29)34-18-4-2-8-22-14-16-31-20-22/h5-6,9-12,21-22,30-31H,1-4,7-8,13-20H2. The molecule has 0 bridgehead atoms. The van der Waals surface area contributed by atoms with Crippen molar-refractivity contribution in [1.82, 2.24) is 10.6 Å². The molecule has 182 valence electrons. The molecule has 34 heavy (non-hydrogen) atoms. The Bertz CT molecular complexity index is 977. The van der Waals surface area contributed by atoms with Crippen LogP contribution in [0, 0.1) is 11.8 Å². The summed E-state index contributed by atoms with van der Waals surface area (Å²) in [6.45, 7) is 5.97. The van der Waals surface area contributed by atoms with Gasteiger partial charge in [-0.25, -0.2) is 0 Å². The van der Waals surface area contributed by atoms with Crippen molar-refractivity contribution < 1.29 is 14.3 Å². The van der Waals surface area contributed by atoms with Crippen LogP contribution in [0.15, 0.2) is 36.4 Å². The zero-order valence-electron chi connectivity index (χ0n) is 20.2. The number of carbonyl (C=O) groups is 1. The van der Waals surface area contributed by atoms with E-state index in [1.54, 1.807) is 0 Å². The van der Waals surface area contributed by atoms with Crippen molar-refractivity contribution in [2.45, 2.75) is 51.4 Å². The van der Waals surface area contributed by atoms with E-state index in [9.17, 15) is 4.79 Å². The van der Waals surface area contributed by atoms with Crippen LogP contribution < -0.4 is 20.1 Å². The average Bonchev–Trinajstić information content (AvgIpc) is 3.62. The molecule has 2 aliphatic heterocycles. The molecule has 2 aromatic rings. The van der Waals surface area contributed by atoms with E-state index in [1.165, 1.54) is 38.5 Å². The second-order valence-corrected chi connectivity index (χ2v) is 10.1. The Morgan fingerprint density at radius 3 is 1.82 bits per heavy atom. The van der Waals surface area contributed by atoms with Gasteiger partial charge >= 0.3 is 0 Å². The van der Waals surface area contributed by atoms with Gasteiger partial charge in [0, 0.05) is 16.7 Å². The van der Waals surface area contributed by atoms with E-state index in [0.29, 0.717) is 24.5 Å². The van der Waals surface area contributed by atoms with Crippen LogP contribution >= 0.6 is 0 Å². The summed E-state index contributed by atoms with van der Waals surface area (Å²) in [5.41, 5.74) is 3.31. The second-order valence-electron chi connectivity index (χ2n) is 10.1. The summed E-state index contributed by atoms with van der Waals surface area (Å²) in [5, 5.41) is 6.87. The zero-order valence-corrected chi connectivity index (χ0v) is 20.2. The molecule has 0 spiro atoms. The molecule has 2 aromatic carbocycles. The molecule has 2 N–H and O–H groups in total. The minimum Gasteiger partial charge on any atom is -0.493 e. The van der Waals surface area contributed by atoms with Gasteiger partial charge in [0.15, 0.2) is 5.78 Å². The lowest BCUT2D eigenvalue weighted by Gasteiger charge is -2.13. The normalized spacial score (nSPS) is 21.0. The lowest BCUT2D eigenvalue weighted by Crippen LogP contribution is -2.09. The molecule has 0 amide bonds. The van der Waals surface area contributed by atoms with Crippen molar-refractivity contribution >= 4 is 5.78 Å². The van der Waals surface area contributed by atoms with Crippen LogP contribution in [0.25, 0.3) is 11.1 Å². The third-order valence-corrected chi connectivity index (χ3v) is 7.65. The first kappa shape index (κ1) is 23.4. The second kappa shape index (κ2) is 11.4. The van der Waals surface area contributed by atoms with Gasteiger partial charge in [-0.2, -0.15) is 0 Å². The highest BCUT2D eigenvalue weighted by molar-refractivity contribution is 6.24. The summed E-state index contributed by atoms with van der Waals surface area (Å²) in [7, 11) is 0. The fourth-order valence-electron chi connectivity index (χ4n) is 5.70. The van der Waals surface area contributed by atoms with Crippen LogP contribution in [0.1, 0.15) is 67.3 Å². The van der Waals surface area contributed by atoms with E-state index in [0.717, 1.165) is 73.3 Å². The first-order chi connectivity index (χ1) is 16.8. The van der Waals surface area contributed by atoms with E-state index in [1.807, 2.05) is 36.4 Å². The molecule has 5 heteroatoms. The number of benzene rings is 2. The number of nitrogens with one attached hydrogen (secondary N) is 2. The van der Waals surface area contributed by atoms with Gasteiger partial charge in [0.25, 0.3) is 0 Å². The van der Waals surface area contributed by atoms with Gasteiger partial charge in [-0.3, -0.25) is 4.79 Å². The van der Waals surface area contributed by atoms with E-state index in [4.69, 9.17) is 9.47 Å². The molecule has 5 nitrogen and oxygen atoms in total. The van der Waals surface area contributed by atoms with E-state index in [2.05, 4.69) is 10.6 Å². The van der Waals surface area contributed by atoms with E-state index in [-0.39, 0.29) is 5.78 Å². The predicted octanol–water partition coefficient (Wildman–Crippen LogP) is 5.22. The minimum atomic E-state index is 0.0526. The van der Waals surface area contributed by atoms with Crippen molar-refractivity contribution in [3.8, 4) is 22.6 Å². The minimum absolute atomic E-state index is 0.0526. The smallest absolute Gasteiger partial charge is 0.198 e. The van der Waals surface area contributed by atoms with Crippen molar-refractivity contribution in [2.75, 3.05) is 39.4 Å². The Hall–Kier alpha value is -2.37. The molecule has 0 radical (unpaired) electrons. The van der Waals surface area contributed by atoms with Crippen LogP contribution in [0.5, 0.6) is 11.5 Å². The average molecular weight is 463 g/mol. The lowest BCUT2D eigenvalue weighted by atomic mass is 10.0. The first-order valence-corrected chi connectivity index (χ1v) is 13.3. The molecule has 2 saturated heterocycles. The molecule has 2 unspecified atom stereocenters. The molecular formula is C29H38N2O3. The summed E-state index contributed by atoms with van der Waals surface area (Å²) < 4.78 is 12.3. The number of unbranched alkanes of at least 4 members (excludes halogenated alkanes) is 2. The van der Waals surface area contributed by atoms with Crippen molar-refractivity contribution in [1.29, 1.82) is 0 Å². The predicted molar refractivity (Wildman–Crippen MR) is 136 cm³/mol. The summed E-state index contributed by atoms with van der Waals surface area (Å²) >= 11 is 0. The number of fused-ring (bicyclic) bond motifs is 3. The van der Waals surface area contributed by atoms with Crippen molar-refractivity contribution in [3.05, 3.63) is 47.5 Å². The van der Waals surface area contributed by atoms with Gasteiger partial charge in [0.05, 0.1) is 18.8 Å². The summed E-state index contributed by atoms with van der Waals surface area (Å²) in [4.78, 5) is 13.3. The summed E-state index contributed by atoms with van der Waals surface area (Å²) in [6, 6.07) is 11.8. The molecule has 2 fully saturated rings. The Labute approximate surface area is 203 Å². The van der Waals surface area contributed by atoms with Crippen LogP contribution in [0.4, 0.5) is 0 Å². The monoisotopic (exact) mass is 462 g/mol. The molecule has 0 saturated carbocycles. The molecule has 2 atom stereocenters. The van der Waals surface area contributed by atoms with Crippen molar-refractivity contribution in [2.24, 2.45) is 11.8 Å². The molecule has 2 heterocycles. The third-order valence-electron chi connectivity index (χ3n) is 7.65. The van der Waals surface area contributed by atoms with Crippen LogP contribution in [0.2, 0.25) is 0 Å². The first-order valence-electron chi connectivity index (χ1n) is 13.3. The van der Waals surface area contributed by atoms with Crippen LogP contribution in [-0.2, 0) is 0 Å². The van der Waals surface area contributed by atoms with Gasteiger partial charge in [-0.1, -0.05) is 24.3 Å². The number of rotatable bonds is 12. The quantitative estimate of drug-likeness (QED) is 0.362. The largest absolute Gasteiger partial charge is 0.493 e. The maximum atomic E-state index is 13.3. The summed E-state index contributed by atoms with van der Waals surface area (Å²) in [5.74, 6) is 3.21. The van der Waals surface area contributed by atoms with Crippen LogP contribution in [-0.4, -0.2) is 45.2 Å². The summed E-state index contributed by atoms with van der Waals surface area (Å²) in [6.07, 6.45) is 9.54. The topological polar surface area (TPSA) is 59.6 Å². The SMILES string of the molecule is O=C1c2cccc(OCCCCC3CCNC3)c2-c2cccc(OCCCCC3CCNC3)c21. The number of hydrogen-bond acceptors (Lipinski definition) is 5. The maximum absolute atomic E-state index is 13.3. The Kier molecular flexibility index (Phi) is 7.82. The van der Waals surface area contributed by atoms with Gasteiger partial charge in [0.2, 0.25) is 0 Å². The molecule has 1 aliphatic carbocycles. The maximum Gasteiger partial charge on any atom is 0.198 e. The number of ketones is 1. The number of carbonyl (C=O) groups excluding carboxylic acids is 1. The molecule has 3 aliphatic rings. The Balaban J connectivity index is 1.18. The van der Waals surface area contributed by atoms with E-state index >= 15 is 0 Å². The molecular weight excluding hydrogens is 424 g/mol. The lowest BCUT2D eigenvalue weighted by molar-refractivity contribution is 0.103. The highest BCUT2D eigenvalue weighted by Gasteiger charge is 2.32. The van der Waals surface area contributed by atoms with Gasteiger partial charge < -0.3 is 20.1 Å². The van der Waals surface area contributed by atoms with Crippen molar-refractivity contribution in [3.63, 3.8) is 0 Å². The molecule has 5 rings (SSSR count). The van der Waals surface area contributed by atoms with Gasteiger partial charge in [0.1, 0.15) is 11.5 Å². The third kappa shape index (κ3) is 5.31. The fraction of sp³-hybridized carbons (Fsp3) is 0.552. The van der Waals surface area contributed by atoms with Crippen LogP contribution in [0.3, 0.4) is 0 Å². The molecule has 0 aromatic heterocycles. The number of ether oxygens (including phenoxy) is 2. The van der Waals surface area contributed by atoms with E-state index < -0.39 is 0 Å². The van der Waals surface area contributed by atoms with Gasteiger partial charge in [-0.05, 0) is 102 Å². The highest BCUT2D eigenvalue weighted by Crippen LogP contribution is 2.45. The highest BCUT2D eigenvalue weighted by atomic mass is 16.5.